The molecule has 1 fully saturated rings. The van der Waals surface area contributed by atoms with Crippen LogP contribution in [-0.2, 0) is 9.53 Å². The van der Waals surface area contributed by atoms with E-state index in [2.05, 4.69) is 9.89 Å². The Morgan fingerprint density at radius 2 is 1.95 bits per heavy atom. The van der Waals surface area contributed by atoms with Crippen molar-refractivity contribution >= 4 is 39.7 Å². The predicted molar refractivity (Wildman–Crippen MR) is 81.9 cm³/mol. The Kier molecular flexibility index (Phi) is 4.10. The zero-order chi connectivity index (χ0) is 13.9. The number of benzene rings is 1. The molecule has 0 aliphatic carbocycles. The summed E-state index contributed by atoms with van der Waals surface area (Å²) in [6.07, 6.45) is 1.79. The van der Waals surface area contributed by atoms with E-state index < -0.39 is 0 Å². The number of carbonyl (C=O) groups is 1. The van der Waals surface area contributed by atoms with E-state index in [0.717, 1.165) is 23.8 Å². The Balaban J connectivity index is 1.80. The highest BCUT2D eigenvalue weighted by Crippen LogP contribution is 2.27. The fraction of sp³-hybridized carbons (Fsp3) is 0.286. The van der Waals surface area contributed by atoms with Crippen molar-refractivity contribution in [1.29, 1.82) is 0 Å². The highest BCUT2D eigenvalue weighted by molar-refractivity contribution is 8.27. The second-order valence-electron chi connectivity index (χ2n) is 4.46. The first-order chi connectivity index (χ1) is 9.72. The van der Waals surface area contributed by atoms with Crippen molar-refractivity contribution in [3.8, 4) is 0 Å². The van der Waals surface area contributed by atoms with E-state index in [1.54, 1.807) is 18.2 Å². The zero-order valence-electron chi connectivity index (χ0n) is 10.7. The average Bonchev–Trinajstić information content (AvgIpc) is 2.84. The largest absolute Gasteiger partial charge is 0.378 e. The minimum absolute atomic E-state index is 0.0126. The Morgan fingerprint density at radius 1 is 1.25 bits per heavy atom. The van der Waals surface area contributed by atoms with Crippen LogP contribution in [0, 0.1) is 0 Å². The summed E-state index contributed by atoms with van der Waals surface area (Å²) in [4.78, 5) is 18.5. The van der Waals surface area contributed by atoms with Gasteiger partial charge in [0.1, 0.15) is 5.70 Å². The van der Waals surface area contributed by atoms with E-state index in [0.29, 0.717) is 23.9 Å². The van der Waals surface area contributed by atoms with Crippen LogP contribution < -0.4 is 0 Å². The van der Waals surface area contributed by atoms with Gasteiger partial charge in [-0.2, -0.15) is 0 Å². The third-order valence-electron chi connectivity index (χ3n) is 3.06. The van der Waals surface area contributed by atoms with Crippen molar-refractivity contribution in [3.05, 3.63) is 40.5 Å². The maximum absolute atomic E-state index is 12.0. The smallest absolute Gasteiger partial charge is 0.245 e. The minimum atomic E-state index is -0.0126. The second kappa shape index (κ2) is 5.99. The average molecular weight is 309 g/mol. The molecule has 0 N–H and O–H groups in total. The molecule has 1 aromatic rings. The van der Waals surface area contributed by atoms with Crippen molar-refractivity contribution in [2.75, 3.05) is 26.3 Å². The number of morpholine rings is 1. The molecule has 2 aliphatic rings. The van der Waals surface area contributed by atoms with Gasteiger partial charge >= 0.3 is 0 Å². The first kappa shape index (κ1) is 13.7. The zero-order valence-corrected chi connectivity index (χ0v) is 12.3. The number of ether oxygens (including phenoxy) is 1. The lowest BCUT2D eigenvalue weighted by atomic mass is 10.2. The van der Waals surface area contributed by atoms with Gasteiger partial charge in [-0.25, -0.2) is 4.99 Å². The van der Waals surface area contributed by atoms with Gasteiger partial charge in [-0.1, -0.05) is 23.7 Å². The summed E-state index contributed by atoms with van der Waals surface area (Å²) in [5, 5.41) is 1.44. The van der Waals surface area contributed by atoms with Crippen LogP contribution in [0.4, 0.5) is 0 Å². The summed E-state index contributed by atoms with van der Waals surface area (Å²) >= 11 is 7.03. The van der Waals surface area contributed by atoms with Gasteiger partial charge in [0.15, 0.2) is 5.17 Å². The summed E-state index contributed by atoms with van der Waals surface area (Å²) in [7, 11) is 0. The summed E-state index contributed by atoms with van der Waals surface area (Å²) in [6, 6.07) is 7.34. The number of amidine groups is 1. The van der Waals surface area contributed by atoms with Crippen LogP contribution >= 0.6 is 23.4 Å². The van der Waals surface area contributed by atoms with Crippen molar-refractivity contribution in [2.45, 2.75) is 0 Å². The topological polar surface area (TPSA) is 41.9 Å². The first-order valence-corrected chi connectivity index (χ1v) is 7.53. The predicted octanol–water partition coefficient (Wildman–Crippen LogP) is 2.64. The molecule has 0 atom stereocenters. The molecule has 0 radical (unpaired) electrons. The maximum atomic E-state index is 12.0. The standard InChI is InChI=1S/C14H13ClN2O2S/c15-11-3-1-10(2-4-11)9-12-13(18)20-14(16-12)17-5-7-19-8-6-17/h1-4,9H,5-8H2/b12-9-. The summed E-state index contributed by atoms with van der Waals surface area (Å²) in [5.74, 6) is 0. The van der Waals surface area contributed by atoms with Gasteiger partial charge in [0.2, 0.25) is 5.12 Å². The van der Waals surface area contributed by atoms with Crippen molar-refractivity contribution < 1.29 is 9.53 Å². The molecule has 20 heavy (non-hydrogen) atoms. The summed E-state index contributed by atoms with van der Waals surface area (Å²) in [5.41, 5.74) is 1.41. The lowest BCUT2D eigenvalue weighted by Crippen LogP contribution is -2.38. The molecule has 6 heteroatoms. The van der Waals surface area contributed by atoms with Crippen LogP contribution in [0.3, 0.4) is 0 Å². The molecular formula is C14H13ClN2O2S. The molecule has 4 nitrogen and oxygen atoms in total. The van der Waals surface area contributed by atoms with Crippen LogP contribution in [0.15, 0.2) is 35.0 Å². The summed E-state index contributed by atoms with van der Waals surface area (Å²) in [6.45, 7) is 2.94. The van der Waals surface area contributed by atoms with Crippen molar-refractivity contribution in [3.63, 3.8) is 0 Å². The minimum Gasteiger partial charge on any atom is -0.378 e. The molecule has 1 saturated heterocycles. The molecule has 0 bridgehead atoms. The number of hydrogen-bond donors (Lipinski definition) is 0. The van der Waals surface area contributed by atoms with Crippen molar-refractivity contribution in [1.82, 2.24) is 4.90 Å². The van der Waals surface area contributed by atoms with Crippen molar-refractivity contribution in [2.24, 2.45) is 4.99 Å². The SMILES string of the molecule is O=C1SC(N2CCOCC2)=N/C1=C\c1ccc(Cl)cc1. The Morgan fingerprint density at radius 3 is 2.65 bits per heavy atom. The lowest BCUT2D eigenvalue weighted by Gasteiger charge is -2.27. The molecule has 0 aromatic heterocycles. The highest BCUT2D eigenvalue weighted by Gasteiger charge is 2.27. The Bertz CT molecular complexity index is 577. The number of halogens is 1. The molecule has 0 amide bonds. The van der Waals surface area contributed by atoms with Crippen LogP contribution in [0.5, 0.6) is 0 Å². The van der Waals surface area contributed by atoms with Gasteiger partial charge in [0.05, 0.1) is 13.2 Å². The van der Waals surface area contributed by atoms with Gasteiger partial charge in [-0.05, 0) is 35.5 Å². The molecule has 0 saturated carbocycles. The third kappa shape index (κ3) is 3.06. The normalized spacial score (nSPS) is 21.4. The van der Waals surface area contributed by atoms with Gasteiger partial charge in [0.25, 0.3) is 0 Å². The van der Waals surface area contributed by atoms with Gasteiger partial charge in [-0.15, -0.1) is 0 Å². The van der Waals surface area contributed by atoms with Gasteiger partial charge < -0.3 is 9.64 Å². The lowest BCUT2D eigenvalue weighted by molar-refractivity contribution is -0.107. The van der Waals surface area contributed by atoms with E-state index in [-0.39, 0.29) is 5.12 Å². The maximum Gasteiger partial charge on any atom is 0.245 e. The van der Waals surface area contributed by atoms with E-state index in [9.17, 15) is 4.79 Å². The molecule has 104 valence electrons. The molecule has 2 aliphatic heterocycles. The summed E-state index contributed by atoms with van der Waals surface area (Å²) < 4.78 is 5.30. The molecular weight excluding hydrogens is 296 g/mol. The van der Waals surface area contributed by atoms with Crippen LogP contribution in [0.2, 0.25) is 5.02 Å². The number of aliphatic imine (C=N–C) groups is 1. The number of thioether (sulfide) groups is 1. The monoisotopic (exact) mass is 308 g/mol. The number of nitrogens with zero attached hydrogens (tertiary/aromatic N) is 2. The molecule has 0 spiro atoms. The fourth-order valence-corrected chi connectivity index (χ4v) is 2.96. The van der Waals surface area contributed by atoms with E-state index >= 15 is 0 Å². The van der Waals surface area contributed by atoms with Gasteiger partial charge in [0, 0.05) is 18.1 Å². The Labute approximate surface area is 126 Å². The molecule has 2 heterocycles. The number of rotatable bonds is 1. The van der Waals surface area contributed by atoms with Gasteiger partial charge in [-0.3, -0.25) is 4.79 Å². The van der Waals surface area contributed by atoms with Crippen LogP contribution in [-0.4, -0.2) is 41.5 Å². The third-order valence-corrected chi connectivity index (χ3v) is 4.24. The molecule has 0 unspecified atom stereocenters. The number of hydrogen-bond acceptors (Lipinski definition) is 5. The fourth-order valence-electron chi connectivity index (χ4n) is 2.00. The molecule has 1 aromatic carbocycles. The van der Waals surface area contributed by atoms with Crippen LogP contribution in [0.25, 0.3) is 6.08 Å². The van der Waals surface area contributed by atoms with E-state index in [4.69, 9.17) is 16.3 Å². The van der Waals surface area contributed by atoms with E-state index in [1.807, 2.05) is 12.1 Å². The van der Waals surface area contributed by atoms with E-state index in [1.165, 1.54) is 11.8 Å². The number of carbonyl (C=O) groups excluding carboxylic acids is 1. The first-order valence-electron chi connectivity index (χ1n) is 6.33. The Hall–Kier alpha value is -1.30. The van der Waals surface area contributed by atoms with Crippen LogP contribution in [0.1, 0.15) is 5.56 Å². The molecule has 3 rings (SSSR count). The highest BCUT2D eigenvalue weighted by atomic mass is 35.5. The second-order valence-corrected chi connectivity index (χ2v) is 5.84. The quantitative estimate of drug-likeness (QED) is 0.748.